The summed E-state index contributed by atoms with van der Waals surface area (Å²) < 4.78 is 4.52. The molecule has 0 saturated carbocycles. The summed E-state index contributed by atoms with van der Waals surface area (Å²) in [5, 5.41) is 2.73. The Hall–Kier alpha value is -2.68. The van der Waals surface area contributed by atoms with Crippen LogP contribution in [0.25, 0.3) is 11.2 Å². The van der Waals surface area contributed by atoms with Crippen molar-refractivity contribution in [3.63, 3.8) is 0 Å². The maximum atomic E-state index is 12.6. The third-order valence-electron chi connectivity index (χ3n) is 3.98. The molecule has 0 saturated heterocycles. The molecule has 1 amide bonds. The van der Waals surface area contributed by atoms with Gasteiger partial charge in [0.05, 0.1) is 6.33 Å². The maximum Gasteiger partial charge on any atom is 0.332 e. The van der Waals surface area contributed by atoms with Crippen LogP contribution in [0, 0.1) is 6.92 Å². The third-order valence-corrected chi connectivity index (χ3v) is 4.47. The predicted molar refractivity (Wildman–Crippen MR) is 97.7 cm³/mol. The smallest absolute Gasteiger partial charge is 0.328 e. The van der Waals surface area contributed by atoms with Gasteiger partial charge in [0.25, 0.3) is 5.56 Å². The molecule has 9 heteroatoms. The number of anilines is 1. The summed E-state index contributed by atoms with van der Waals surface area (Å²) in [5.74, 6) is -0.457. The number of halogens is 1. The van der Waals surface area contributed by atoms with Gasteiger partial charge in [0, 0.05) is 24.3 Å². The summed E-state index contributed by atoms with van der Waals surface area (Å²) in [5.41, 5.74) is 0.923. The number of benzene rings is 1. The lowest BCUT2D eigenvalue weighted by molar-refractivity contribution is -0.116. The molecular formula is C16H16BrN5O3. The van der Waals surface area contributed by atoms with Crippen LogP contribution in [0.3, 0.4) is 0 Å². The molecular weight excluding hydrogens is 390 g/mol. The fourth-order valence-electron chi connectivity index (χ4n) is 2.60. The van der Waals surface area contributed by atoms with Gasteiger partial charge in [0.2, 0.25) is 5.91 Å². The van der Waals surface area contributed by atoms with E-state index in [1.54, 1.807) is 13.1 Å². The molecule has 0 aliphatic rings. The third kappa shape index (κ3) is 3.02. The highest BCUT2D eigenvalue weighted by Crippen LogP contribution is 2.20. The summed E-state index contributed by atoms with van der Waals surface area (Å²) in [6.07, 6.45) is 1.46. The zero-order valence-corrected chi connectivity index (χ0v) is 15.5. The largest absolute Gasteiger partial charge is 0.332 e. The number of rotatable bonds is 3. The van der Waals surface area contributed by atoms with E-state index >= 15 is 0 Å². The first-order chi connectivity index (χ1) is 11.8. The van der Waals surface area contributed by atoms with Crippen molar-refractivity contribution in [2.45, 2.75) is 13.5 Å². The van der Waals surface area contributed by atoms with Gasteiger partial charge in [-0.1, -0.05) is 22.0 Å². The molecule has 0 unspecified atom stereocenters. The van der Waals surface area contributed by atoms with Gasteiger partial charge in [0.15, 0.2) is 11.2 Å². The van der Waals surface area contributed by atoms with Crippen LogP contribution >= 0.6 is 15.9 Å². The van der Waals surface area contributed by atoms with Crippen molar-refractivity contribution in [3.8, 4) is 0 Å². The van der Waals surface area contributed by atoms with Crippen LogP contribution in [0.4, 0.5) is 5.69 Å². The highest BCUT2D eigenvalue weighted by Gasteiger charge is 2.17. The quantitative estimate of drug-likeness (QED) is 0.707. The van der Waals surface area contributed by atoms with Crippen molar-refractivity contribution in [1.29, 1.82) is 0 Å². The van der Waals surface area contributed by atoms with Gasteiger partial charge in [-0.3, -0.25) is 14.2 Å². The molecule has 1 N–H and O–H groups in total. The lowest BCUT2D eigenvalue weighted by Gasteiger charge is -2.11. The molecule has 0 spiro atoms. The minimum Gasteiger partial charge on any atom is -0.328 e. The molecule has 3 rings (SSSR count). The zero-order chi connectivity index (χ0) is 18.3. The number of aromatic nitrogens is 4. The molecule has 2 aromatic heterocycles. The minimum absolute atomic E-state index is 0.272. The normalized spacial score (nSPS) is 11.0. The van der Waals surface area contributed by atoms with E-state index in [-0.39, 0.29) is 17.7 Å². The molecule has 2 heterocycles. The molecule has 130 valence electrons. The summed E-state index contributed by atoms with van der Waals surface area (Å²) >= 11 is 3.35. The topological polar surface area (TPSA) is 90.9 Å². The van der Waals surface area contributed by atoms with Crippen LogP contribution in [0.1, 0.15) is 5.56 Å². The van der Waals surface area contributed by atoms with Crippen molar-refractivity contribution in [2.24, 2.45) is 14.1 Å². The number of nitrogens with one attached hydrogen (secondary N) is 1. The van der Waals surface area contributed by atoms with Gasteiger partial charge in [0.1, 0.15) is 6.54 Å². The first kappa shape index (κ1) is 17.2. The summed E-state index contributed by atoms with van der Waals surface area (Å²) in [6, 6.07) is 5.48. The molecule has 0 fully saturated rings. The molecule has 1 aromatic carbocycles. The Morgan fingerprint density at radius 2 is 2.00 bits per heavy atom. The fourth-order valence-corrected chi connectivity index (χ4v) is 2.96. The highest BCUT2D eigenvalue weighted by molar-refractivity contribution is 9.10. The number of carbonyl (C=O) groups is 1. The molecule has 3 aromatic rings. The highest BCUT2D eigenvalue weighted by atomic mass is 79.9. The molecule has 0 bridgehead atoms. The van der Waals surface area contributed by atoms with Gasteiger partial charge in [-0.05, 0) is 24.6 Å². The molecule has 0 radical (unpaired) electrons. The van der Waals surface area contributed by atoms with Crippen LogP contribution in [0.15, 0.2) is 38.6 Å². The second-order valence-electron chi connectivity index (χ2n) is 5.77. The second-order valence-corrected chi connectivity index (χ2v) is 6.68. The standard InChI is InChI=1S/C16H16BrN5O3/c1-9-4-5-10(17)6-11(9)19-12(23)7-22-15(24)13-14(18-8-20(13)2)21(3)16(22)25/h4-6,8H,7H2,1-3H3,(H,19,23). The van der Waals surface area contributed by atoms with Crippen molar-refractivity contribution < 1.29 is 4.79 Å². The number of imidazole rings is 1. The number of fused-ring (bicyclic) bond motifs is 1. The SMILES string of the molecule is Cc1ccc(Br)cc1NC(=O)Cn1c(=O)c2c(ncn2C)n(C)c1=O. The van der Waals surface area contributed by atoms with E-state index in [2.05, 4.69) is 26.2 Å². The average molecular weight is 406 g/mol. The van der Waals surface area contributed by atoms with Crippen molar-refractivity contribution in [3.05, 3.63) is 55.4 Å². The Balaban J connectivity index is 1.99. The van der Waals surface area contributed by atoms with Crippen LogP contribution in [0.5, 0.6) is 0 Å². The Morgan fingerprint density at radius 3 is 2.72 bits per heavy atom. The van der Waals surface area contributed by atoms with Crippen molar-refractivity contribution in [1.82, 2.24) is 18.7 Å². The summed E-state index contributed by atoms with van der Waals surface area (Å²) in [4.78, 5) is 41.4. The van der Waals surface area contributed by atoms with Gasteiger partial charge in [-0.25, -0.2) is 14.3 Å². The summed E-state index contributed by atoms with van der Waals surface area (Å²) in [6.45, 7) is 1.48. The zero-order valence-electron chi connectivity index (χ0n) is 13.9. The fraction of sp³-hybridized carbons (Fsp3) is 0.250. The van der Waals surface area contributed by atoms with E-state index in [0.717, 1.165) is 14.6 Å². The van der Waals surface area contributed by atoms with Crippen molar-refractivity contribution >= 4 is 38.7 Å². The number of carbonyl (C=O) groups excluding carboxylic acids is 1. The van der Waals surface area contributed by atoms with Crippen LogP contribution in [0.2, 0.25) is 0 Å². The van der Waals surface area contributed by atoms with Gasteiger partial charge in [-0.15, -0.1) is 0 Å². The number of hydrogen-bond acceptors (Lipinski definition) is 4. The Bertz CT molecular complexity index is 1110. The lowest BCUT2D eigenvalue weighted by atomic mass is 10.2. The number of nitrogens with zero attached hydrogens (tertiary/aromatic N) is 4. The Morgan fingerprint density at radius 1 is 1.28 bits per heavy atom. The predicted octanol–water partition coefficient (Wildman–Crippen LogP) is 1.14. The van der Waals surface area contributed by atoms with Gasteiger partial charge in [-0.2, -0.15) is 0 Å². The average Bonchev–Trinajstić information content (AvgIpc) is 2.95. The monoisotopic (exact) mass is 405 g/mol. The van der Waals surface area contributed by atoms with Crippen LogP contribution in [-0.4, -0.2) is 24.6 Å². The van der Waals surface area contributed by atoms with E-state index in [4.69, 9.17) is 0 Å². The van der Waals surface area contributed by atoms with E-state index in [1.807, 2.05) is 19.1 Å². The Labute approximate surface area is 150 Å². The first-order valence-corrected chi connectivity index (χ1v) is 8.25. The Kier molecular flexibility index (Phi) is 4.34. The number of aryl methyl sites for hydroxylation is 3. The van der Waals surface area contributed by atoms with Gasteiger partial charge >= 0.3 is 5.69 Å². The second kappa shape index (κ2) is 6.32. The summed E-state index contributed by atoms with van der Waals surface area (Å²) in [7, 11) is 3.18. The number of hydrogen-bond donors (Lipinski definition) is 1. The molecule has 25 heavy (non-hydrogen) atoms. The molecule has 0 aliphatic carbocycles. The maximum absolute atomic E-state index is 12.6. The lowest BCUT2D eigenvalue weighted by Crippen LogP contribution is -2.42. The van der Waals surface area contributed by atoms with E-state index < -0.39 is 17.2 Å². The van der Waals surface area contributed by atoms with E-state index in [0.29, 0.717) is 5.69 Å². The van der Waals surface area contributed by atoms with E-state index in [9.17, 15) is 14.4 Å². The first-order valence-electron chi connectivity index (χ1n) is 7.46. The molecule has 8 nitrogen and oxygen atoms in total. The van der Waals surface area contributed by atoms with Crippen LogP contribution < -0.4 is 16.6 Å². The minimum atomic E-state index is -0.586. The van der Waals surface area contributed by atoms with Crippen LogP contribution in [-0.2, 0) is 25.4 Å². The van der Waals surface area contributed by atoms with Crippen molar-refractivity contribution in [2.75, 3.05) is 5.32 Å². The number of amides is 1. The van der Waals surface area contributed by atoms with E-state index in [1.165, 1.54) is 22.5 Å². The molecule has 0 aliphatic heterocycles. The van der Waals surface area contributed by atoms with Gasteiger partial charge < -0.3 is 9.88 Å². The molecule has 0 atom stereocenters.